The number of rotatable bonds is 6. The number of nitrogens with one attached hydrogen (secondary N) is 1. The fourth-order valence-electron chi connectivity index (χ4n) is 4.72. The number of likely N-dealkylation sites (tertiary alicyclic amines) is 1. The lowest BCUT2D eigenvalue weighted by atomic mass is 10.1. The maximum absolute atomic E-state index is 12.1. The number of nitrogens with two attached hydrogens (primary N) is 1. The average Bonchev–Trinajstić information content (AvgIpc) is 3.33. The molecule has 1 amide bonds. The molecule has 0 spiro atoms. The number of morpholine rings is 1. The predicted octanol–water partition coefficient (Wildman–Crippen LogP) is 2.35. The Labute approximate surface area is 203 Å². The SMILES string of the molecule is C=CC(=O)N1CCCC(n2cnc3c(N)nc(Nc4ccc(N5CCOCC5)c(OC)c4)nc32)C1. The van der Waals surface area contributed by atoms with Crippen LogP contribution in [0.2, 0.25) is 0 Å². The van der Waals surface area contributed by atoms with Crippen LogP contribution in [0, 0.1) is 0 Å². The summed E-state index contributed by atoms with van der Waals surface area (Å²) in [6.07, 6.45) is 4.89. The summed E-state index contributed by atoms with van der Waals surface area (Å²) in [6.45, 7) is 7.94. The van der Waals surface area contributed by atoms with E-state index < -0.39 is 0 Å². The topological polar surface area (TPSA) is 124 Å². The summed E-state index contributed by atoms with van der Waals surface area (Å²) >= 11 is 0. The summed E-state index contributed by atoms with van der Waals surface area (Å²) in [7, 11) is 1.66. The van der Waals surface area contributed by atoms with Gasteiger partial charge in [-0.1, -0.05) is 6.58 Å². The minimum absolute atomic E-state index is 0.0488. The highest BCUT2D eigenvalue weighted by atomic mass is 16.5. The number of carbonyl (C=O) groups is 1. The van der Waals surface area contributed by atoms with Crippen LogP contribution in [0.25, 0.3) is 11.2 Å². The van der Waals surface area contributed by atoms with Crippen molar-refractivity contribution in [2.75, 3.05) is 62.5 Å². The number of hydrogen-bond donors (Lipinski definition) is 2. The first-order valence-corrected chi connectivity index (χ1v) is 11.8. The Kier molecular flexibility index (Phi) is 6.41. The number of amides is 1. The number of aromatic nitrogens is 4. The molecule has 2 aliphatic heterocycles. The highest BCUT2D eigenvalue weighted by molar-refractivity contribution is 5.87. The van der Waals surface area contributed by atoms with Crippen LogP contribution in [0.3, 0.4) is 0 Å². The van der Waals surface area contributed by atoms with Gasteiger partial charge in [0.15, 0.2) is 11.5 Å². The van der Waals surface area contributed by atoms with Gasteiger partial charge in [-0.15, -0.1) is 0 Å². The number of imidazole rings is 1. The highest BCUT2D eigenvalue weighted by Crippen LogP contribution is 2.33. The molecule has 5 rings (SSSR count). The second-order valence-corrected chi connectivity index (χ2v) is 8.65. The number of fused-ring (bicyclic) bond motifs is 1. The third kappa shape index (κ3) is 4.59. The molecular weight excluding hydrogens is 448 g/mol. The molecule has 2 saturated heterocycles. The van der Waals surface area contributed by atoms with Gasteiger partial charge < -0.3 is 34.9 Å². The fraction of sp³-hybridized carbons (Fsp3) is 0.417. The third-order valence-electron chi connectivity index (χ3n) is 6.51. The van der Waals surface area contributed by atoms with Gasteiger partial charge in [0, 0.05) is 37.9 Å². The minimum Gasteiger partial charge on any atom is -0.495 e. The number of carbonyl (C=O) groups excluding carboxylic acids is 1. The van der Waals surface area contributed by atoms with E-state index >= 15 is 0 Å². The normalized spacial score (nSPS) is 18.5. The van der Waals surface area contributed by atoms with E-state index in [4.69, 9.17) is 20.2 Å². The molecule has 184 valence electrons. The van der Waals surface area contributed by atoms with Gasteiger partial charge in [0.1, 0.15) is 11.3 Å². The minimum atomic E-state index is -0.0647. The molecule has 0 bridgehead atoms. The van der Waals surface area contributed by atoms with Crippen molar-refractivity contribution in [2.24, 2.45) is 0 Å². The molecule has 2 aromatic heterocycles. The number of nitrogen functional groups attached to an aromatic ring is 1. The van der Waals surface area contributed by atoms with E-state index in [2.05, 4.69) is 26.8 Å². The standard InChI is InChI=1S/C24H30N8O3/c1-3-20(33)31-8-4-5-17(14-31)32-15-26-21-22(25)28-24(29-23(21)32)27-16-6-7-18(19(13-16)34-2)30-9-11-35-12-10-30/h3,6-7,13,15,17H,1,4-5,8-12,14H2,2H3,(H3,25,27,28,29). The van der Waals surface area contributed by atoms with Crippen LogP contribution in [0.4, 0.5) is 23.1 Å². The Morgan fingerprint density at radius 2 is 2.11 bits per heavy atom. The third-order valence-corrected chi connectivity index (χ3v) is 6.51. The van der Waals surface area contributed by atoms with E-state index in [0.717, 1.165) is 49.6 Å². The first kappa shape index (κ1) is 22.9. The molecule has 4 heterocycles. The lowest BCUT2D eigenvalue weighted by Crippen LogP contribution is -2.39. The van der Waals surface area contributed by atoms with Gasteiger partial charge >= 0.3 is 0 Å². The zero-order valence-electron chi connectivity index (χ0n) is 19.8. The Hall–Kier alpha value is -3.86. The van der Waals surface area contributed by atoms with Crippen LogP contribution in [0.1, 0.15) is 18.9 Å². The Balaban J connectivity index is 1.41. The number of methoxy groups -OCH3 is 1. The molecule has 0 saturated carbocycles. The summed E-state index contributed by atoms with van der Waals surface area (Å²) in [4.78, 5) is 29.8. The van der Waals surface area contributed by atoms with E-state index in [0.29, 0.717) is 42.7 Å². The molecule has 0 aliphatic carbocycles. The van der Waals surface area contributed by atoms with E-state index in [-0.39, 0.29) is 11.9 Å². The summed E-state index contributed by atoms with van der Waals surface area (Å²) in [5.41, 5.74) is 9.22. The average molecular weight is 479 g/mol. The van der Waals surface area contributed by atoms with Crippen LogP contribution < -0.4 is 20.7 Å². The van der Waals surface area contributed by atoms with Gasteiger partial charge in [0.2, 0.25) is 11.9 Å². The van der Waals surface area contributed by atoms with Crippen molar-refractivity contribution in [3.05, 3.63) is 37.2 Å². The molecule has 3 aromatic rings. The Morgan fingerprint density at radius 3 is 2.89 bits per heavy atom. The summed E-state index contributed by atoms with van der Waals surface area (Å²) in [5, 5.41) is 3.25. The zero-order valence-corrected chi connectivity index (χ0v) is 19.8. The summed E-state index contributed by atoms with van der Waals surface area (Å²) < 4.78 is 13.1. The van der Waals surface area contributed by atoms with Crippen molar-refractivity contribution in [1.82, 2.24) is 24.4 Å². The number of nitrogens with zero attached hydrogens (tertiary/aromatic N) is 6. The largest absolute Gasteiger partial charge is 0.495 e. The van der Waals surface area contributed by atoms with Gasteiger partial charge in [-0.2, -0.15) is 9.97 Å². The smallest absolute Gasteiger partial charge is 0.246 e. The monoisotopic (exact) mass is 478 g/mol. The lowest BCUT2D eigenvalue weighted by Gasteiger charge is -2.32. The van der Waals surface area contributed by atoms with Gasteiger partial charge in [-0.3, -0.25) is 4.79 Å². The van der Waals surface area contributed by atoms with E-state index in [1.807, 2.05) is 22.8 Å². The molecule has 11 heteroatoms. The van der Waals surface area contributed by atoms with Gasteiger partial charge in [0.25, 0.3) is 0 Å². The second kappa shape index (κ2) is 9.79. The number of ether oxygens (including phenoxy) is 2. The number of benzene rings is 1. The van der Waals surface area contributed by atoms with Gasteiger partial charge in [0.05, 0.1) is 38.4 Å². The zero-order chi connectivity index (χ0) is 24.4. The van der Waals surface area contributed by atoms with Crippen molar-refractivity contribution >= 4 is 40.2 Å². The maximum atomic E-state index is 12.1. The number of hydrogen-bond acceptors (Lipinski definition) is 9. The van der Waals surface area contributed by atoms with Crippen molar-refractivity contribution in [2.45, 2.75) is 18.9 Å². The molecule has 1 atom stereocenters. The van der Waals surface area contributed by atoms with Crippen molar-refractivity contribution < 1.29 is 14.3 Å². The predicted molar refractivity (Wildman–Crippen MR) is 134 cm³/mol. The fourth-order valence-corrected chi connectivity index (χ4v) is 4.72. The van der Waals surface area contributed by atoms with Crippen LogP contribution >= 0.6 is 0 Å². The Bertz CT molecular complexity index is 1240. The van der Waals surface area contributed by atoms with Gasteiger partial charge in [-0.25, -0.2) is 4.98 Å². The molecule has 11 nitrogen and oxygen atoms in total. The maximum Gasteiger partial charge on any atom is 0.246 e. The molecule has 35 heavy (non-hydrogen) atoms. The van der Waals surface area contributed by atoms with E-state index in [9.17, 15) is 4.79 Å². The van der Waals surface area contributed by atoms with Crippen LogP contribution in [0.5, 0.6) is 5.75 Å². The van der Waals surface area contributed by atoms with Crippen molar-refractivity contribution in [3.8, 4) is 5.75 Å². The molecule has 3 N–H and O–H groups in total. The first-order valence-electron chi connectivity index (χ1n) is 11.8. The molecule has 0 radical (unpaired) electrons. The summed E-state index contributed by atoms with van der Waals surface area (Å²) in [5.74, 6) is 1.35. The van der Waals surface area contributed by atoms with Crippen molar-refractivity contribution in [3.63, 3.8) is 0 Å². The molecule has 2 aliphatic rings. The van der Waals surface area contributed by atoms with Crippen LogP contribution in [-0.2, 0) is 9.53 Å². The van der Waals surface area contributed by atoms with E-state index in [1.165, 1.54) is 6.08 Å². The Morgan fingerprint density at radius 1 is 1.29 bits per heavy atom. The van der Waals surface area contributed by atoms with Gasteiger partial charge in [-0.05, 0) is 31.1 Å². The number of anilines is 4. The van der Waals surface area contributed by atoms with Crippen LogP contribution in [0.15, 0.2) is 37.2 Å². The highest BCUT2D eigenvalue weighted by Gasteiger charge is 2.26. The molecule has 1 unspecified atom stereocenters. The van der Waals surface area contributed by atoms with E-state index in [1.54, 1.807) is 18.3 Å². The first-order chi connectivity index (χ1) is 17.1. The number of piperidine rings is 1. The molecule has 2 fully saturated rings. The summed E-state index contributed by atoms with van der Waals surface area (Å²) in [6, 6.07) is 5.96. The van der Waals surface area contributed by atoms with Crippen molar-refractivity contribution in [1.29, 1.82) is 0 Å². The molecule has 1 aromatic carbocycles. The molecular formula is C24H30N8O3. The second-order valence-electron chi connectivity index (χ2n) is 8.65. The lowest BCUT2D eigenvalue weighted by molar-refractivity contribution is -0.127. The quantitative estimate of drug-likeness (QED) is 0.514. The van der Waals surface area contributed by atoms with Crippen LogP contribution in [-0.4, -0.2) is 76.8 Å².